The highest BCUT2D eigenvalue weighted by Gasteiger charge is 2.69. The molecule has 2 aliphatic heterocycles. The average molecular weight is 940 g/mol. The number of pyridine rings is 1. The summed E-state index contributed by atoms with van der Waals surface area (Å²) in [6.07, 6.45) is 6.87. The molecule has 1 unspecified atom stereocenters. The number of nitrogens with zero attached hydrogens (tertiary/aromatic N) is 3. The van der Waals surface area contributed by atoms with Crippen LogP contribution in [-0.4, -0.2) is 82.0 Å². The summed E-state index contributed by atoms with van der Waals surface area (Å²) < 4.78 is 62.2. The van der Waals surface area contributed by atoms with Gasteiger partial charge in [-0.2, -0.15) is 0 Å². The number of halogens is 3. The first-order valence-corrected chi connectivity index (χ1v) is 25.1. The number of alkyl carbamates (subject to hydrolysis) is 1. The van der Waals surface area contributed by atoms with E-state index < -0.39 is 67.0 Å². The second-order valence-corrected chi connectivity index (χ2v) is 20.8. The van der Waals surface area contributed by atoms with E-state index in [1.54, 1.807) is 18.2 Å². The monoisotopic (exact) mass is 939 g/mol. The number of ether oxygens (including phenoxy) is 3. The van der Waals surface area contributed by atoms with Gasteiger partial charge in [0, 0.05) is 41.6 Å². The molecule has 4 aliphatic rings. The van der Waals surface area contributed by atoms with Crippen LogP contribution in [0.15, 0.2) is 41.8 Å². The molecule has 2 saturated heterocycles. The quantitative estimate of drug-likeness (QED) is 0.124. The van der Waals surface area contributed by atoms with Crippen molar-refractivity contribution in [3.8, 4) is 22.9 Å². The number of carbonyl (C=O) groups excluding carboxylic acids is 3. The van der Waals surface area contributed by atoms with Crippen molar-refractivity contribution in [1.29, 1.82) is 0 Å². The zero-order valence-corrected chi connectivity index (χ0v) is 38.8. The van der Waals surface area contributed by atoms with Gasteiger partial charge in [0.1, 0.15) is 58.1 Å². The molecule has 4 aromatic rings. The van der Waals surface area contributed by atoms with Crippen molar-refractivity contribution in [3.05, 3.63) is 64.0 Å². The number of anilines is 1. The van der Waals surface area contributed by atoms with Crippen LogP contribution < -0.4 is 25.4 Å². The minimum Gasteiger partial charge on any atom is -0.495 e. The smallest absolute Gasteiger partial charge is 0.408 e. The van der Waals surface area contributed by atoms with E-state index in [1.807, 2.05) is 19.2 Å². The Morgan fingerprint density at radius 2 is 1.70 bits per heavy atom. The third-order valence-corrected chi connectivity index (χ3v) is 16.1. The molecule has 18 heteroatoms. The molecular formula is C46H55ClF2N6O7PS+. The summed E-state index contributed by atoms with van der Waals surface area (Å²) in [6, 6.07) is 6.83. The van der Waals surface area contributed by atoms with Crippen LogP contribution in [-0.2, 0) is 25.1 Å². The van der Waals surface area contributed by atoms with Gasteiger partial charge in [0.2, 0.25) is 17.1 Å². The van der Waals surface area contributed by atoms with Gasteiger partial charge in [-0.3, -0.25) is 9.59 Å². The summed E-state index contributed by atoms with van der Waals surface area (Å²) in [5.41, 5.74) is 1.18. The summed E-state index contributed by atoms with van der Waals surface area (Å²) >= 11 is 8.30. The minimum absolute atomic E-state index is 0.0298. The highest BCUT2D eigenvalue weighted by atomic mass is 35.5. The Labute approximate surface area is 381 Å². The van der Waals surface area contributed by atoms with Crippen molar-refractivity contribution in [2.24, 2.45) is 5.92 Å². The number of carbonyl (C=O) groups is 3. The molecule has 4 heterocycles. The molecule has 2 saturated carbocycles. The molecule has 4 fully saturated rings. The van der Waals surface area contributed by atoms with Crippen LogP contribution in [0.1, 0.15) is 103 Å². The largest absolute Gasteiger partial charge is 0.495 e. The molecule has 2 aromatic heterocycles. The van der Waals surface area contributed by atoms with E-state index in [0.29, 0.717) is 64.6 Å². The maximum atomic E-state index is 14.9. The van der Waals surface area contributed by atoms with Gasteiger partial charge in [0.15, 0.2) is 11.3 Å². The van der Waals surface area contributed by atoms with Crippen molar-refractivity contribution < 1.29 is 41.9 Å². The Morgan fingerprint density at radius 1 is 0.984 bits per heavy atom. The van der Waals surface area contributed by atoms with E-state index in [0.717, 1.165) is 63.5 Å². The van der Waals surface area contributed by atoms with Crippen LogP contribution in [0.2, 0.25) is 5.02 Å². The molecule has 0 bridgehead atoms. The summed E-state index contributed by atoms with van der Waals surface area (Å²) in [4.78, 5) is 54.1. The number of aromatic nitrogens is 2. The van der Waals surface area contributed by atoms with Gasteiger partial charge in [0.25, 0.3) is 0 Å². The number of nitrogens with one attached hydrogen (secondary N) is 3. The predicted octanol–water partition coefficient (Wildman–Crippen LogP) is 10.1. The van der Waals surface area contributed by atoms with Crippen LogP contribution in [0, 0.1) is 17.6 Å². The van der Waals surface area contributed by atoms with Gasteiger partial charge >= 0.3 is 13.9 Å². The molecule has 3 amide bonds. The Bertz CT molecular complexity index is 2380. The van der Waals surface area contributed by atoms with Gasteiger partial charge < -0.3 is 35.1 Å². The van der Waals surface area contributed by atoms with Crippen molar-refractivity contribution >= 4 is 64.7 Å². The van der Waals surface area contributed by atoms with Crippen molar-refractivity contribution in [3.63, 3.8) is 0 Å². The third-order valence-electron chi connectivity index (χ3n) is 12.8. The summed E-state index contributed by atoms with van der Waals surface area (Å²) in [5, 5.41) is 11.5. The zero-order chi connectivity index (χ0) is 45.1. The average Bonchev–Trinajstić information content (AvgIpc) is 3.69. The number of thiazole rings is 1. The van der Waals surface area contributed by atoms with Crippen molar-refractivity contribution in [1.82, 2.24) is 25.5 Å². The second kappa shape index (κ2) is 19.8. The molecule has 13 nitrogen and oxygen atoms in total. The summed E-state index contributed by atoms with van der Waals surface area (Å²) in [6.45, 7) is 4.01. The molecule has 2 aromatic carbocycles. The Kier molecular flexibility index (Phi) is 14.2. The van der Waals surface area contributed by atoms with Crippen LogP contribution in [0.5, 0.6) is 11.5 Å². The summed E-state index contributed by atoms with van der Waals surface area (Å²) in [7, 11) is -0.885. The molecule has 6 atom stereocenters. The molecule has 0 spiro atoms. The highest BCUT2D eigenvalue weighted by molar-refractivity contribution is 7.46. The standard InChI is InChI=1S/C46H54ClF2N6O7PS/c1-26(2)50-44-52-36(25-64-44)35-21-39(30-18-19-38(60-3)40(47)41(30)51-35)61-29-20-37-42(56)54-46(63(59)24-31-32(48)15-11-16-33(31)49)22-27(46)12-7-5-4-6-8-17-34(43(57)55(37)23-29)53-45(58)62-28-13-9-10-14-28/h11,15-16,18-19,21,25-29,34,37H,4-10,12-14,17,20,22-24H2,1-3H3,(H2-,50,52,53,54,56,58)/p+1/t27-,29+,34+,37+,46+/m1/s1. The fraction of sp³-hybridized carbons (Fsp3) is 0.543. The summed E-state index contributed by atoms with van der Waals surface area (Å²) in [5.74, 6) is -2.00. The number of rotatable bonds is 11. The van der Waals surface area contributed by atoms with Gasteiger partial charge in [0.05, 0.1) is 30.4 Å². The normalized spacial score (nSPS) is 24.6. The molecule has 3 N–H and O–H groups in total. The number of hydrogen-bond acceptors (Lipinski definition) is 11. The molecule has 8 rings (SSSR count). The van der Waals surface area contributed by atoms with Crippen LogP contribution in [0.3, 0.4) is 0 Å². The third kappa shape index (κ3) is 10.1. The van der Waals surface area contributed by atoms with Gasteiger partial charge in [-0.15, -0.1) is 11.3 Å². The lowest BCUT2D eigenvalue weighted by molar-refractivity contribution is -0.140. The lowest BCUT2D eigenvalue weighted by Crippen LogP contribution is -2.55. The first kappa shape index (κ1) is 45.9. The maximum Gasteiger partial charge on any atom is 0.408 e. The van der Waals surface area contributed by atoms with E-state index in [2.05, 4.69) is 16.0 Å². The van der Waals surface area contributed by atoms with Crippen molar-refractivity contribution in [2.75, 3.05) is 19.0 Å². The Hall–Kier alpha value is -4.66. The van der Waals surface area contributed by atoms with E-state index >= 15 is 0 Å². The highest BCUT2D eigenvalue weighted by Crippen LogP contribution is 2.63. The maximum absolute atomic E-state index is 14.9. The topological polar surface area (TPSA) is 161 Å². The van der Waals surface area contributed by atoms with E-state index in [-0.39, 0.29) is 41.6 Å². The second-order valence-electron chi connectivity index (χ2n) is 17.7. The Morgan fingerprint density at radius 3 is 2.44 bits per heavy atom. The van der Waals surface area contributed by atoms with Gasteiger partial charge in [-0.05, 0) is 76.6 Å². The van der Waals surface area contributed by atoms with Gasteiger partial charge in [-0.1, -0.05) is 54.3 Å². The minimum atomic E-state index is -2.40. The SMILES string of the molecule is COc1ccc2c(O[C@H]3C[C@H]4C(=O)N[C@]5([P+](=O)Cc6c(F)cccc6F)C[C@H]5CCCCCCC[C@H](NC(=O)OC5CCCC5)C(=O)N4C3)cc(-c3csc(NC(C)C)n3)nc2c1Cl. The van der Waals surface area contributed by atoms with Crippen molar-refractivity contribution in [2.45, 2.75) is 139 Å². The zero-order valence-electron chi connectivity index (χ0n) is 36.3. The van der Waals surface area contributed by atoms with Crippen LogP contribution in [0.25, 0.3) is 22.3 Å². The van der Waals surface area contributed by atoms with Crippen LogP contribution in [0.4, 0.5) is 18.7 Å². The number of methoxy groups -OCH3 is 1. The van der Waals surface area contributed by atoms with E-state index in [4.69, 9.17) is 35.8 Å². The fourth-order valence-electron chi connectivity index (χ4n) is 9.36. The van der Waals surface area contributed by atoms with Gasteiger partial charge in [-0.25, -0.2) is 23.5 Å². The van der Waals surface area contributed by atoms with Crippen LogP contribution >= 0.6 is 30.7 Å². The van der Waals surface area contributed by atoms with E-state index in [1.165, 1.54) is 29.4 Å². The molecule has 0 radical (unpaired) electrons. The number of fused-ring (bicyclic) bond motifs is 3. The first-order chi connectivity index (χ1) is 30.8. The first-order valence-electron chi connectivity index (χ1n) is 22.4. The number of benzene rings is 2. The number of hydrogen-bond donors (Lipinski definition) is 3. The Balaban J connectivity index is 1.13. The lowest BCUT2D eigenvalue weighted by atomic mass is 10.0. The predicted molar refractivity (Wildman–Crippen MR) is 242 cm³/mol. The molecule has 342 valence electrons. The molecule has 64 heavy (non-hydrogen) atoms. The molecular weight excluding hydrogens is 885 g/mol. The fourth-order valence-corrected chi connectivity index (χ4v) is 12.6. The number of amides is 3. The lowest BCUT2D eigenvalue weighted by Gasteiger charge is -2.29. The molecule has 2 aliphatic carbocycles. The van der Waals surface area contributed by atoms with E-state index in [9.17, 15) is 27.7 Å².